The van der Waals surface area contributed by atoms with Crippen molar-refractivity contribution in [3.8, 4) is 11.5 Å². The van der Waals surface area contributed by atoms with Gasteiger partial charge in [-0.25, -0.2) is 0 Å². The van der Waals surface area contributed by atoms with E-state index in [1.165, 1.54) is 10.8 Å². The summed E-state index contributed by atoms with van der Waals surface area (Å²) in [7, 11) is 4.81. The summed E-state index contributed by atoms with van der Waals surface area (Å²) in [5.74, 6) is 1.77. The Kier molecular flexibility index (Phi) is 5.89. The third-order valence-electron chi connectivity index (χ3n) is 5.19. The number of hydrogen-bond donors (Lipinski definition) is 2. The third-order valence-corrected chi connectivity index (χ3v) is 5.19. The first-order valence-corrected chi connectivity index (χ1v) is 10.0. The van der Waals surface area contributed by atoms with Gasteiger partial charge in [-0.3, -0.25) is 20.0 Å². The Morgan fingerprint density at radius 2 is 1.81 bits per heavy atom. The van der Waals surface area contributed by atoms with Crippen LogP contribution in [0.4, 0.5) is 5.95 Å². The molecule has 0 radical (unpaired) electrons. The Balaban J connectivity index is 1.47. The largest absolute Gasteiger partial charge is 0.493 e. The Morgan fingerprint density at radius 3 is 2.56 bits per heavy atom. The van der Waals surface area contributed by atoms with Crippen molar-refractivity contribution in [2.45, 2.75) is 12.8 Å². The van der Waals surface area contributed by atoms with Gasteiger partial charge in [0.2, 0.25) is 5.95 Å². The summed E-state index contributed by atoms with van der Waals surface area (Å²) in [4.78, 5) is 29.5. The topological polar surface area (TPSA) is 111 Å². The highest BCUT2D eigenvalue weighted by atomic mass is 16.5. The molecule has 0 saturated heterocycles. The number of amides is 1. The average Bonchev–Trinajstić information content (AvgIpc) is 3.26. The number of anilines is 1. The number of aryl methyl sites for hydroxylation is 3. The first-order chi connectivity index (χ1) is 15.5. The van der Waals surface area contributed by atoms with Crippen molar-refractivity contribution in [1.29, 1.82) is 0 Å². The molecule has 2 aromatic heterocycles. The van der Waals surface area contributed by atoms with Gasteiger partial charge in [-0.2, -0.15) is 4.98 Å². The molecule has 2 N–H and O–H groups in total. The lowest BCUT2D eigenvalue weighted by Gasteiger charge is -2.09. The molecule has 0 aliphatic heterocycles. The number of aromatic amines is 1. The molecule has 0 unspecified atom stereocenters. The number of methoxy groups -OCH3 is 2. The molecular weight excluding hydrogens is 410 g/mol. The van der Waals surface area contributed by atoms with Crippen LogP contribution in [0, 0.1) is 0 Å². The average molecular weight is 433 g/mol. The summed E-state index contributed by atoms with van der Waals surface area (Å²) in [5, 5.41) is 10.7. The molecule has 9 nitrogen and oxygen atoms in total. The third kappa shape index (κ3) is 4.18. The van der Waals surface area contributed by atoms with E-state index in [4.69, 9.17) is 9.47 Å². The number of carbonyl (C=O) groups excluding carboxylic acids is 1. The molecule has 4 aromatic rings. The predicted molar refractivity (Wildman–Crippen MR) is 120 cm³/mol. The molecule has 0 spiro atoms. The number of benzene rings is 2. The summed E-state index contributed by atoms with van der Waals surface area (Å²) >= 11 is 0. The van der Waals surface area contributed by atoms with Crippen LogP contribution in [0.2, 0.25) is 0 Å². The van der Waals surface area contributed by atoms with Crippen LogP contribution < -0.4 is 20.3 Å². The van der Waals surface area contributed by atoms with Gasteiger partial charge < -0.3 is 14.0 Å². The molecule has 0 fully saturated rings. The molecule has 9 heteroatoms. The van der Waals surface area contributed by atoms with Crippen molar-refractivity contribution < 1.29 is 14.3 Å². The van der Waals surface area contributed by atoms with Crippen LogP contribution >= 0.6 is 0 Å². The second kappa shape index (κ2) is 8.93. The number of H-pyrrole nitrogens is 1. The van der Waals surface area contributed by atoms with Gasteiger partial charge in [-0.1, -0.05) is 24.3 Å². The standard InChI is InChI=1S/C23H23N5O4/c1-28-13-17(15-6-4-5-7-16(15)22(28)30)21(29)25-23-24-20(26-27-23)11-9-14-8-10-18(31-2)19(12-14)32-3/h4-8,10,12-13H,9,11H2,1-3H3,(H2,24,25,26,27,29). The molecular formula is C23H23N5O4. The summed E-state index contributed by atoms with van der Waals surface area (Å²) < 4.78 is 12.0. The van der Waals surface area contributed by atoms with Gasteiger partial charge in [-0.05, 0) is 30.2 Å². The lowest BCUT2D eigenvalue weighted by atomic mass is 10.1. The van der Waals surface area contributed by atoms with E-state index in [2.05, 4.69) is 20.5 Å². The zero-order valence-corrected chi connectivity index (χ0v) is 18.0. The maximum Gasteiger partial charge on any atom is 0.260 e. The van der Waals surface area contributed by atoms with Crippen molar-refractivity contribution in [3.63, 3.8) is 0 Å². The highest BCUT2D eigenvalue weighted by Crippen LogP contribution is 2.28. The molecule has 0 aliphatic carbocycles. The number of hydrogen-bond acceptors (Lipinski definition) is 6. The highest BCUT2D eigenvalue weighted by molar-refractivity contribution is 6.12. The molecule has 4 rings (SSSR count). The first kappa shape index (κ1) is 21.1. The first-order valence-electron chi connectivity index (χ1n) is 10.0. The number of aromatic nitrogens is 4. The smallest absolute Gasteiger partial charge is 0.260 e. The quantitative estimate of drug-likeness (QED) is 0.464. The zero-order valence-electron chi connectivity index (χ0n) is 18.0. The lowest BCUT2D eigenvalue weighted by Crippen LogP contribution is -2.21. The molecule has 0 aliphatic rings. The summed E-state index contributed by atoms with van der Waals surface area (Å²) in [6, 6.07) is 12.8. The van der Waals surface area contributed by atoms with E-state index in [-0.39, 0.29) is 17.4 Å². The fraction of sp³-hybridized carbons (Fsp3) is 0.217. The minimum atomic E-state index is -0.387. The van der Waals surface area contributed by atoms with E-state index in [1.807, 2.05) is 18.2 Å². The molecule has 0 bridgehead atoms. The van der Waals surface area contributed by atoms with Crippen LogP contribution in [0.3, 0.4) is 0 Å². The minimum Gasteiger partial charge on any atom is -0.493 e. The fourth-order valence-electron chi connectivity index (χ4n) is 3.53. The molecule has 32 heavy (non-hydrogen) atoms. The normalized spacial score (nSPS) is 10.8. The minimum absolute atomic E-state index is 0.160. The molecule has 0 saturated carbocycles. The number of ether oxygens (including phenoxy) is 2. The van der Waals surface area contributed by atoms with Gasteiger partial charge in [0, 0.05) is 30.4 Å². The Morgan fingerprint density at radius 1 is 1.06 bits per heavy atom. The van der Waals surface area contributed by atoms with Crippen LogP contribution in [0.25, 0.3) is 10.8 Å². The number of nitrogens with one attached hydrogen (secondary N) is 2. The molecule has 1 amide bonds. The van der Waals surface area contributed by atoms with Gasteiger partial charge in [0.15, 0.2) is 11.5 Å². The van der Waals surface area contributed by atoms with E-state index >= 15 is 0 Å². The monoisotopic (exact) mass is 433 g/mol. The van der Waals surface area contributed by atoms with Gasteiger partial charge >= 0.3 is 0 Å². The van der Waals surface area contributed by atoms with Crippen LogP contribution in [-0.2, 0) is 19.9 Å². The van der Waals surface area contributed by atoms with Crippen molar-refractivity contribution in [1.82, 2.24) is 19.7 Å². The molecule has 2 aromatic carbocycles. The summed E-state index contributed by atoms with van der Waals surface area (Å²) in [6.07, 6.45) is 2.82. The Hall–Kier alpha value is -4.14. The van der Waals surface area contributed by atoms with E-state index in [0.29, 0.717) is 46.5 Å². The van der Waals surface area contributed by atoms with E-state index < -0.39 is 0 Å². The lowest BCUT2D eigenvalue weighted by molar-refractivity contribution is 0.102. The number of pyridine rings is 1. The van der Waals surface area contributed by atoms with Crippen LogP contribution in [0.1, 0.15) is 21.7 Å². The predicted octanol–water partition coefficient (Wildman–Crippen LogP) is 2.71. The molecule has 2 heterocycles. The van der Waals surface area contributed by atoms with Gasteiger partial charge in [-0.15, -0.1) is 5.10 Å². The van der Waals surface area contributed by atoms with Crippen molar-refractivity contribution in [2.24, 2.45) is 7.05 Å². The van der Waals surface area contributed by atoms with Crippen molar-refractivity contribution in [2.75, 3.05) is 19.5 Å². The van der Waals surface area contributed by atoms with Gasteiger partial charge in [0.1, 0.15) is 5.82 Å². The second-order valence-corrected chi connectivity index (χ2v) is 7.25. The second-order valence-electron chi connectivity index (χ2n) is 7.25. The van der Waals surface area contributed by atoms with E-state index in [0.717, 1.165) is 5.56 Å². The van der Waals surface area contributed by atoms with E-state index in [1.54, 1.807) is 45.5 Å². The Labute approximate surface area is 184 Å². The zero-order chi connectivity index (χ0) is 22.7. The molecule has 0 atom stereocenters. The summed E-state index contributed by atoms with van der Waals surface area (Å²) in [5.41, 5.74) is 1.27. The van der Waals surface area contributed by atoms with Crippen molar-refractivity contribution in [3.05, 3.63) is 76.0 Å². The van der Waals surface area contributed by atoms with E-state index in [9.17, 15) is 9.59 Å². The highest BCUT2D eigenvalue weighted by Gasteiger charge is 2.16. The number of carbonyl (C=O) groups is 1. The van der Waals surface area contributed by atoms with Gasteiger partial charge in [0.05, 0.1) is 19.8 Å². The number of nitrogens with zero attached hydrogens (tertiary/aromatic N) is 3. The van der Waals surface area contributed by atoms with Crippen molar-refractivity contribution >= 4 is 22.6 Å². The Bertz CT molecular complexity index is 1340. The van der Waals surface area contributed by atoms with Crippen LogP contribution in [0.15, 0.2) is 53.5 Å². The number of fused-ring (bicyclic) bond motifs is 1. The van der Waals surface area contributed by atoms with Crippen LogP contribution in [0.5, 0.6) is 11.5 Å². The maximum absolute atomic E-state index is 12.9. The van der Waals surface area contributed by atoms with Crippen LogP contribution in [-0.4, -0.2) is 39.9 Å². The maximum atomic E-state index is 12.9. The SMILES string of the molecule is COc1ccc(CCc2nc(NC(=O)c3cn(C)c(=O)c4ccccc34)n[nH]2)cc1OC. The fourth-order valence-corrected chi connectivity index (χ4v) is 3.53. The van der Waals surface area contributed by atoms with Gasteiger partial charge in [0.25, 0.3) is 11.5 Å². The summed E-state index contributed by atoms with van der Waals surface area (Å²) in [6.45, 7) is 0. The number of rotatable bonds is 7. The molecule has 164 valence electrons.